The number of anilines is 1. The molecule has 308 valence electrons. The van der Waals surface area contributed by atoms with E-state index in [0.717, 1.165) is 34.8 Å². The topological polar surface area (TPSA) is 24.3 Å². The van der Waals surface area contributed by atoms with Crippen LogP contribution in [-0.2, 0) is 0 Å². The Morgan fingerprint density at radius 1 is 0.839 bits per heavy atom. The van der Waals surface area contributed by atoms with Crippen molar-refractivity contribution in [2.45, 2.75) is 59.0 Å². The quantitative estimate of drug-likeness (QED) is 0.139. The summed E-state index contributed by atoms with van der Waals surface area (Å²) < 4.78 is 2.59. The third-order valence-corrected chi connectivity index (χ3v) is 12.3. The molecule has 8 rings (SSSR count). The molecule has 2 aromatic heterocycles. The van der Waals surface area contributed by atoms with E-state index in [1.54, 1.807) is 0 Å². The largest absolute Gasteiger partial charge is 0.335 e. The highest BCUT2D eigenvalue weighted by Crippen LogP contribution is 2.48. The second kappa shape index (κ2) is 18.6. The van der Waals surface area contributed by atoms with Gasteiger partial charge in [-0.1, -0.05) is 141 Å². The Balaban J connectivity index is 1.39. The van der Waals surface area contributed by atoms with Crippen LogP contribution in [0.3, 0.4) is 0 Å². The number of hydrogen-bond acceptors (Lipinski definition) is 3. The molecule has 0 fully saturated rings. The fourth-order valence-electron chi connectivity index (χ4n) is 9.47. The number of para-hydroxylation sites is 1. The summed E-state index contributed by atoms with van der Waals surface area (Å²) in [7, 11) is 0. The molecule has 5 aromatic rings. The third-order valence-electron chi connectivity index (χ3n) is 12.3. The normalized spacial score (nSPS) is 21.6. The monoisotopic (exact) mass is 808 g/mol. The fourth-order valence-corrected chi connectivity index (χ4v) is 9.47. The predicted molar refractivity (Wildman–Crippen MR) is 265 cm³/mol. The van der Waals surface area contributed by atoms with Crippen molar-refractivity contribution in [1.82, 2.24) is 14.5 Å². The Bertz CT molecular complexity index is 2860. The SMILES string of the molecule is C=C/C=C(\C=C(/C)c1ccccn1)N1C(=C)/C=C\C=C/C/C(=c2/c(=C\C)c3c(n2-c2ccccc2)C2C(C)=C(/C=C\C=C/C)N(c4cccc(-c5ccccc5)c4)C2C=C3)C1C. The van der Waals surface area contributed by atoms with Gasteiger partial charge in [-0.2, -0.15) is 0 Å². The van der Waals surface area contributed by atoms with Gasteiger partial charge in [-0.15, -0.1) is 0 Å². The van der Waals surface area contributed by atoms with Crippen LogP contribution in [0.25, 0.3) is 40.1 Å². The average Bonchev–Trinajstić information content (AvgIpc) is 3.80. The van der Waals surface area contributed by atoms with Crippen molar-refractivity contribution in [1.29, 1.82) is 0 Å². The minimum absolute atomic E-state index is 0.0545. The number of pyridine rings is 1. The van der Waals surface area contributed by atoms with Gasteiger partial charge in [0, 0.05) is 57.1 Å². The summed E-state index contributed by atoms with van der Waals surface area (Å²) in [6.45, 7) is 19.9. The van der Waals surface area contributed by atoms with Gasteiger partial charge >= 0.3 is 0 Å². The second-order valence-electron chi connectivity index (χ2n) is 16.0. The van der Waals surface area contributed by atoms with Crippen LogP contribution in [0, 0.1) is 0 Å². The highest BCUT2D eigenvalue weighted by Gasteiger charge is 2.43. The van der Waals surface area contributed by atoms with Crippen LogP contribution in [-0.4, -0.2) is 26.5 Å². The summed E-state index contributed by atoms with van der Waals surface area (Å²) in [5, 5.41) is 2.46. The average molecular weight is 809 g/mol. The van der Waals surface area contributed by atoms with E-state index in [-0.39, 0.29) is 18.0 Å². The maximum Gasteiger partial charge on any atom is 0.0659 e. The molecule has 3 unspecified atom stereocenters. The van der Waals surface area contributed by atoms with E-state index in [4.69, 9.17) is 0 Å². The summed E-state index contributed by atoms with van der Waals surface area (Å²) in [6, 6.07) is 36.6. The zero-order chi connectivity index (χ0) is 43.2. The van der Waals surface area contributed by atoms with Crippen LogP contribution in [0.15, 0.2) is 218 Å². The van der Waals surface area contributed by atoms with Crippen LogP contribution in [0.2, 0.25) is 0 Å². The molecular formula is C58H56N4. The van der Waals surface area contributed by atoms with E-state index in [1.165, 1.54) is 55.5 Å². The summed E-state index contributed by atoms with van der Waals surface area (Å²) in [5.41, 5.74) is 15.0. The predicted octanol–water partition coefficient (Wildman–Crippen LogP) is 12.8. The number of rotatable bonds is 9. The van der Waals surface area contributed by atoms with E-state index in [0.29, 0.717) is 0 Å². The molecular weight excluding hydrogens is 753 g/mol. The Morgan fingerprint density at radius 2 is 1.58 bits per heavy atom. The Hall–Kier alpha value is -7.17. The van der Waals surface area contributed by atoms with E-state index in [2.05, 4.69) is 237 Å². The molecule has 0 bridgehead atoms. The third kappa shape index (κ3) is 7.92. The van der Waals surface area contributed by atoms with Gasteiger partial charge in [-0.05, 0) is 130 Å². The smallest absolute Gasteiger partial charge is 0.0659 e. The van der Waals surface area contributed by atoms with Crippen molar-refractivity contribution in [2.24, 2.45) is 0 Å². The van der Waals surface area contributed by atoms with Crippen LogP contribution in [0.4, 0.5) is 5.69 Å². The van der Waals surface area contributed by atoms with E-state index < -0.39 is 0 Å². The maximum absolute atomic E-state index is 4.67. The van der Waals surface area contributed by atoms with Crippen LogP contribution in [0.1, 0.15) is 63.9 Å². The van der Waals surface area contributed by atoms with Gasteiger partial charge in [-0.3, -0.25) is 4.98 Å². The van der Waals surface area contributed by atoms with Crippen molar-refractivity contribution in [3.8, 4) is 16.8 Å². The minimum atomic E-state index is -0.0945. The van der Waals surface area contributed by atoms with Crippen molar-refractivity contribution in [3.05, 3.63) is 246 Å². The zero-order valence-corrected chi connectivity index (χ0v) is 36.6. The first-order valence-electron chi connectivity index (χ1n) is 21.7. The Kier molecular flexibility index (Phi) is 12.5. The molecule has 0 saturated carbocycles. The van der Waals surface area contributed by atoms with Gasteiger partial charge in [0.2, 0.25) is 0 Å². The lowest BCUT2D eigenvalue weighted by atomic mass is 9.84. The maximum atomic E-state index is 4.67. The first-order chi connectivity index (χ1) is 30.4. The number of allylic oxidation sites excluding steroid dienone is 12. The number of aromatic nitrogens is 2. The van der Waals surface area contributed by atoms with Gasteiger partial charge in [0.05, 0.1) is 23.1 Å². The number of hydrogen-bond donors (Lipinski definition) is 0. The highest BCUT2D eigenvalue weighted by atomic mass is 15.2. The van der Waals surface area contributed by atoms with E-state index >= 15 is 0 Å². The molecule has 0 saturated heterocycles. The first kappa shape index (κ1) is 41.6. The zero-order valence-electron chi connectivity index (χ0n) is 36.6. The summed E-state index contributed by atoms with van der Waals surface area (Å²) in [5.74, 6) is 0.0731. The molecule has 3 aliphatic rings. The van der Waals surface area contributed by atoms with Crippen molar-refractivity contribution in [3.63, 3.8) is 0 Å². The van der Waals surface area contributed by atoms with Gasteiger partial charge in [0.15, 0.2) is 0 Å². The number of benzene rings is 3. The van der Waals surface area contributed by atoms with Crippen LogP contribution >= 0.6 is 0 Å². The number of nitrogens with zero attached hydrogens (tertiary/aromatic N) is 4. The van der Waals surface area contributed by atoms with E-state index in [9.17, 15) is 0 Å². The van der Waals surface area contributed by atoms with Gasteiger partial charge in [0.25, 0.3) is 0 Å². The van der Waals surface area contributed by atoms with Crippen molar-refractivity contribution < 1.29 is 0 Å². The summed E-state index contributed by atoms with van der Waals surface area (Å²) in [4.78, 5) is 9.59. The molecule has 1 aliphatic carbocycles. The Morgan fingerprint density at radius 3 is 2.31 bits per heavy atom. The molecule has 0 N–H and O–H groups in total. The van der Waals surface area contributed by atoms with Crippen molar-refractivity contribution >= 4 is 29.0 Å². The fraction of sp³-hybridized carbons (Fsp3) is 0.155. The molecule has 4 heterocycles. The molecule has 0 spiro atoms. The first-order valence-corrected chi connectivity index (χ1v) is 21.7. The molecule has 4 nitrogen and oxygen atoms in total. The van der Waals surface area contributed by atoms with Gasteiger partial charge in [-0.25, -0.2) is 0 Å². The van der Waals surface area contributed by atoms with Crippen LogP contribution < -0.4 is 15.5 Å². The molecule has 62 heavy (non-hydrogen) atoms. The molecule has 0 radical (unpaired) electrons. The second-order valence-corrected chi connectivity index (χ2v) is 16.0. The summed E-state index contributed by atoms with van der Waals surface area (Å²) >= 11 is 0. The molecule has 3 atom stereocenters. The lowest BCUT2D eigenvalue weighted by Gasteiger charge is -2.35. The molecule has 3 aromatic carbocycles. The van der Waals surface area contributed by atoms with Gasteiger partial charge in [0.1, 0.15) is 0 Å². The van der Waals surface area contributed by atoms with Crippen molar-refractivity contribution in [2.75, 3.05) is 4.90 Å². The van der Waals surface area contributed by atoms with E-state index in [1.807, 2.05) is 24.4 Å². The number of fused-ring (bicyclic) bond motifs is 3. The molecule has 0 amide bonds. The highest BCUT2D eigenvalue weighted by molar-refractivity contribution is 5.76. The minimum Gasteiger partial charge on any atom is -0.335 e. The standard InChI is InChI=1S/C58H56N4/c1-8-11-15-35-54-43(6)56-55(61(54)49-32-24-29-46(40-49)45-27-17-13-18-28-45)37-36-52-50(10-3)57(62(58(52)56)47-30-19-14-20-31-47)51-33-21-12-16-26-42(5)60(44(51)7)48(25-9-2)39-41(4)53-34-22-23-38-59-53/h8-32,34-40,44,55-56H,2,5,33H2,1,3-4,6-7H3/b11-8-,21-12-,26-16-,35-15-,41-39+,48-25+,50-10-,57-51+. The summed E-state index contributed by atoms with van der Waals surface area (Å²) in [6.07, 6.45) is 33.2. The lowest BCUT2D eigenvalue weighted by Crippen LogP contribution is -2.40. The molecule has 2 aliphatic heterocycles. The van der Waals surface area contributed by atoms with Crippen LogP contribution in [0.5, 0.6) is 0 Å². The molecule has 4 heteroatoms. The lowest BCUT2D eigenvalue weighted by molar-refractivity contribution is 0.410. The van der Waals surface area contributed by atoms with Gasteiger partial charge < -0.3 is 14.4 Å². The Labute approximate surface area is 368 Å².